The molecule has 4 N–H and O–H groups in total. The highest BCUT2D eigenvalue weighted by atomic mass is 19.1. The number of pyridine rings is 1. The summed E-state index contributed by atoms with van der Waals surface area (Å²) >= 11 is 0. The number of fused-ring (bicyclic) bond motifs is 1. The van der Waals surface area contributed by atoms with Crippen LogP contribution in [-0.2, 0) is 0 Å². The number of nitrogens with two attached hydrogens (primary N) is 1. The van der Waals surface area contributed by atoms with Gasteiger partial charge in [0.1, 0.15) is 5.56 Å². The summed E-state index contributed by atoms with van der Waals surface area (Å²) in [6.07, 6.45) is 4.11. The fourth-order valence-corrected chi connectivity index (χ4v) is 4.18. The molecule has 0 radical (unpaired) electrons. The third-order valence-corrected chi connectivity index (χ3v) is 6.18. The van der Waals surface area contributed by atoms with Crippen LogP contribution in [0.15, 0.2) is 17.1 Å². The van der Waals surface area contributed by atoms with Crippen molar-refractivity contribution >= 4 is 28.2 Å². The number of nitrogen functional groups attached to an aromatic ring is 1. The Bertz CT molecular complexity index is 1010. The minimum absolute atomic E-state index is 0.0348. The summed E-state index contributed by atoms with van der Waals surface area (Å²) in [5.74, 6) is -1.58. The number of carboxylic acid groups (broad SMARTS) is 1. The highest BCUT2D eigenvalue weighted by Crippen LogP contribution is 2.40. The predicted octanol–water partition coefficient (Wildman–Crippen LogP) is 2.19. The molecule has 0 spiro atoms. The number of nitrogens with zero attached hydrogens (tertiary/aromatic N) is 2. The number of nitrogens with one attached hydrogen (secondary N) is 1. The first kappa shape index (κ1) is 18.7. The van der Waals surface area contributed by atoms with E-state index in [1.807, 2.05) is 11.9 Å². The van der Waals surface area contributed by atoms with Crippen LogP contribution in [0.2, 0.25) is 0 Å². The van der Waals surface area contributed by atoms with Crippen molar-refractivity contribution < 1.29 is 14.3 Å². The molecule has 1 aromatic carbocycles. The molecule has 1 aliphatic heterocycles. The molecule has 7 nitrogen and oxygen atoms in total. The number of carboxylic acids is 1. The normalized spacial score (nSPS) is 20.7. The van der Waals surface area contributed by atoms with Crippen molar-refractivity contribution in [2.24, 2.45) is 5.92 Å². The van der Waals surface area contributed by atoms with Crippen LogP contribution in [0.1, 0.15) is 42.6 Å². The molecule has 1 aromatic heterocycles. The topological polar surface area (TPSA) is 101 Å². The quantitative estimate of drug-likeness (QED) is 0.679. The summed E-state index contributed by atoms with van der Waals surface area (Å²) in [6.45, 7) is 3.52. The van der Waals surface area contributed by atoms with Gasteiger partial charge in [0.05, 0.1) is 22.3 Å². The van der Waals surface area contributed by atoms with Gasteiger partial charge in [-0.2, -0.15) is 0 Å². The van der Waals surface area contributed by atoms with E-state index in [4.69, 9.17) is 5.73 Å². The number of anilines is 2. The second kappa shape index (κ2) is 6.77. The third-order valence-electron chi connectivity index (χ3n) is 6.18. The van der Waals surface area contributed by atoms with Gasteiger partial charge in [-0.25, -0.2) is 9.18 Å². The van der Waals surface area contributed by atoms with Gasteiger partial charge in [0.25, 0.3) is 0 Å². The first-order valence-electron chi connectivity index (χ1n) is 9.65. The molecule has 1 saturated heterocycles. The second-order valence-corrected chi connectivity index (χ2v) is 7.91. The Balaban J connectivity index is 1.88. The smallest absolute Gasteiger partial charge is 0.341 e. The van der Waals surface area contributed by atoms with E-state index in [0.717, 1.165) is 19.3 Å². The van der Waals surface area contributed by atoms with Crippen LogP contribution < -0.4 is 21.4 Å². The number of rotatable bonds is 5. The van der Waals surface area contributed by atoms with Crippen molar-refractivity contribution in [3.8, 4) is 0 Å². The molecule has 2 aromatic rings. The van der Waals surface area contributed by atoms with Gasteiger partial charge in [-0.05, 0) is 45.2 Å². The van der Waals surface area contributed by atoms with Crippen molar-refractivity contribution in [2.75, 3.05) is 30.8 Å². The lowest BCUT2D eigenvalue weighted by molar-refractivity contribution is 0.0695. The van der Waals surface area contributed by atoms with Crippen molar-refractivity contribution in [2.45, 2.75) is 38.3 Å². The van der Waals surface area contributed by atoms with Crippen LogP contribution >= 0.6 is 0 Å². The van der Waals surface area contributed by atoms with Crippen molar-refractivity contribution in [1.82, 2.24) is 9.88 Å². The van der Waals surface area contributed by atoms with Gasteiger partial charge in [-0.3, -0.25) is 4.79 Å². The molecule has 0 amide bonds. The van der Waals surface area contributed by atoms with Gasteiger partial charge in [-0.15, -0.1) is 0 Å². The van der Waals surface area contributed by atoms with Crippen LogP contribution in [0, 0.1) is 11.7 Å². The first-order valence-corrected chi connectivity index (χ1v) is 9.65. The van der Waals surface area contributed by atoms with Crippen molar-refractivity contribution in [3.05, 3.63) is 33.9 Å². The van der Waals surface area contributed by atoms with Crippen LogP contribution in [0.5, 0.6) is 0 Å². The van der Waals surface area contributed by atoms with Crippen molar-refractivity contribution in [3.63, 3.8) is 0 Å². The predicted molar refractivity (Wildman–Crippen MR) is 107 cm³/mol. The Morgan fingerprint density at radius 3 is 2.71 bits per heavy atom. The number of aromatic nitrogens is 1. The lowest BCUT2D eigenvalue weighted by Crippen LogP contribution is -2.33. The van der Waals surface area contributed by atoms with Gasteiger partial charge < -0.3 is 25.6 Å². The maximum Gasteiger partial charge on any atom is 0.341 e. The number of hydrogen-bond acceptors (Lipinski definition) is 5. The minimum atomic E-state index is -1.33. The van der Waals surface area contributed by atoms with E-state index in [0.29, 0.717) is 36.3 Å². The fourth-order valence-electron chi connectivity index (χ4n) is 4.18. The molecule has 2 fully saturated rings. The lowest BCUT2D eigenvalue weighted by Gasteiger charge is -2.24. The number of benzene rings is 1. The van der Waals surface area contributed by atoms with E-state index in [1.54, 1.807) is 10.6 Å². The molecule has 1 saturated carbocycles. The molecule has 0 bridgehead atoms. The zero-order valence-corrected chi connectivity index (χ0v) is 16.0. The maximum absolute atomic E-state index is 15.2. The van der Waals surface area contributed by atoms with Gasteiger partial charge >= 0.3 is 5.97 Å². The van der Waals surface area contributed by atoms with E-state index in [2.05, 4.69) is 12.2 Å². The van der Waals surface area contributed by atoms with E-state index >= 15 is 4.39 Å². The third kappa shape index (κ3) is 2.92. The largest absolute Gasteiger partial charge is 0.477 e. The molecule has 150 valence electrons. The lowest BCUT2D eigenvalue weighted by atomic mass is 10.0. The molecular formula is C20H25FN4O3. The number of hydrogen-bond donors (Lipinski definition) is 3. The second-order valence-electron chi connectivity index (χ2n) is 7.91. The number of carbonyl (C=O) groups is 1. The van der Waals surface area contributed by atoms with Crippen LogP contribution in [-0.4, -0.2) is 41.8 Å². The zero-order chi connectivity index (χ0) is 20.2. The zero-order valence-electron chi connectivity index (χ0n) is 16.0. The summed E-state index contributed by atoms with van der Waals surface area (Å²) in [5.41, 5.74) is 5.57. The van der Waals surface area contributed by atoms with Gasteiger partial charge in [-0.1, -0.05) is 0 Å². The molecule has 28 heavy (non-hydrogen) atoms. The monoisotopic (exact) mass is 388 g/mol. The Morgan fingerprint density at radius 2 is 2.11 bits per heavy atom. The molecule has 2 atom stereocenters. The molecule has 2 heterocycles. The Kier molecular flexibility index (Phi) is 4.53. The molecule has 1 aliphatic carbocycles. The van der Waals surface area contributed by atoms with Gasteiger partial charge in [0.15, 0.2) is 5.82 Å². The summed E-state index contributed by atoms with van der Waals surface area (Å²) in [6, 6.07) is 2.10. The average molecular weight is 388 g/mol. The van der Waals surface area contributed by atoms with Crippen LogP contribution in [0.3, 0.4) is 0 Å². The van der Waals surface area contributed by atoms with Gasteiger partial charge in [0, 0.05) is 31.4 Å². The van der Waals surface area contributed by atoms with Crippen LogP contribution in [0.25, 0.3) is 10.9 Å². The van der Waals surface area contributed by atoms with Crippen LogP contribution in [0.4, 0.5) is 15.8 Å². The fraction of sp³-hybridized carbons (Fsp3) is 0.500. The summed E-state index contributed by atoms with van der Waals surface area (Å²) < 4.78 is 17.0. The summed E-state index contributed by atoms with van der Waals surface area (Å²) in [4.78, 5) is 26.2. The Hall–Kier alpha value is -2.61. The molecular weight excluding hydrogens is 363 g/mol. The minimum Gasteiger partial charge on any atom is -0.477 e. The van der Waals surface area contributed by atoms with E-state index in [1.165, 1.54) is 6.20 Å². The molecule has 0 unspecified atom stereocenters. The van der Waals surface area contributed by atoms with E-state index in [-0.39, 0.29) is 22.7 Å². The highest BCUT2D eigenvalue weighted by molar-refractivity contribution is 5.99. The molecule has 2 aliphatic rings. The Labute approximate surface area is 161 Å². The standard InChI is InChI=1S/C20H25FN4O3/c1-10(23-2)11-5-6-24(8-11)15-7-14-16(18(22)17(15)21)19(26)13(20(27)28)9-25(14)12-3-4-12/h7,9-12,23H,3-6,8,22H2,1-2H3,(H,27,28)/t10-,11-/m1/s1. The van der Waals surface area contributed by atoms with E-state index in [9.17, 15) is 14.7 Å². The van der Waals surface area contributed by atoms with E-state index < -0.39 is 17.2 Å². The highest BCUT2D eigenvalue weighted by Gasteiger charge is 2.32. The Morgan fingerprint density at radius 1 is 1.39 bits per heavy atom. The number of halogens is 1. The average Bonchev–Trinajstić information content (AvgIpc) is 3.39. The molecule has 4 rings (SSSR count). The molecule has 8 heteroatoms. The van der Waals surface area contributed by atoms with Crippen molar-refractivity contribution in [1.29, 1.82) is 0 Å². The van der Waals surface area contributed by atoms with Gasteiger partial charge in [0.2, 0.25) is 5.43 Å². The number of aromatic carboxylic acids is 1. The SMILES string of the molecule is CN[C@H](C)[C@@H]1CCN(c2cc3c(c(N)c2F)c(=O)c(C(=O)O)cn3C2CC2)C1. The summed E-state index contributed by atoms with van der Waals surface area (Å²) in [7, 11) is 1.91. The summed E-state index contributed by atoms with van der Waals surface area (Å²) in [5, 5.41) is 12.6. The maximum atomic E-state index is 15.2. The first-order chi connectivity index (χ1) is 13.3.